The van der Waals surface area contributed by atoms with Crippen molar-refractivity contribution in [2.24, 2.45) is 0 Å². The summed E-state index contributed by atoms with van der Waals surface area (Å²) in [4.78, 5) is 7.37. The molecule has 3 heterocycles. The summed E-state index contributed by atoms with van der Waals surface area (Å²) in [6.07, 6.45) is -13.2. The molecule has 2 aliphatic heterocycles. The second-order valence-electron chi connectivity index (χ2n) is 5.92. The molecule has 2 fully saturated rings. The number of piperidine rings is 1. The summed E-state index contributed by atoms with van der Waals surface area (Å²) in [6, 6.07) is -3.83. The molecule has 1 unspecified atom stereocenters. The first kappa shape index (κ1) is 6.06. The second kappa shape index (κ2) is 5.50. The average molecular weight is 317 g/mol. The lowest BCUT2D eigenvalue weighted by Crippen LogP contribution is -2.41. The Bertz CT molecular complexity index is 1060. The zero-order chi connectivity index (χ0) is 28.3. The molecule has 0 spiro atoms. The largest absolute Gasteiger partial charge is 0.516 e. The molecule has 0 saturated carbocycles. The van der Waals surface area contributed by atoms with Gasteiger partial charge in [-0.05, 0) is 53.7 Å². The molecule has 0 aromatic carbocycles. The van der Waals surface area contributed by atoms with Crippen molar-refractivity contribution < 1.29 is 28.5 Å². The fraction of sp³-hybridized carbons (Fsp3) is 0.750. The predicted molar refractivity (Wildman–Crippen MR) is 88.4 cm³/mol. The molecular weight excluding hydrogens is 277 g/mol. The highest BCUT2D eigenvalue weighted by atomic mass is 16.7. The van der Waals surface area contributed by atoms with E-state index in [1.165, 1.54) is 0 Å². The van der Waals surface area contributed by atoms with Gasteiger partial charge in [-0.15, -0.1) is 0 Å². The lowest BCUT2D eigenvalue weighted by Gasteiger charge is -2.34. The Hall–Kier alpha value is -1.14. The van der Waals surface area contributed by atoms with E-state index < -0.39 is 75.0 Å². The van der Waals surface area contributed by atoms with Crippen molar-refractivity contribution in [1.29, 1.82) is 0 Å². The van der Waals surface area contributed by atoms with E-state index in [0.29, 0.717) is 0 Å². The van der Waals surface area contributed by atoms with Crippen LogP contribution in [0.1, 0.15) is 72.9 Å². The molecule has 0 bridgehead atoms. The van der Waals surface area contributed by atoms with Crippen LogP contribution in [-0.2, 0) is 9.31 Å². The molecule has 1 aromatic rings. The summed E-state index contributed by atoms with van der Waals surface area (Å²) in [5.41, 5.74) is -2.07. The molecule has 5 nitrogen and oxygen atoms in total. The number of rotatable bonds is 2. The standard InChI is InChI=1S/C16H26BN3O2/c1-12-8-6-7-9-20(12)14-11-18-13(10-19-14)17-21-15(2,3)16(4,5)22-17/h10-12H,6-9H2,1-5H3/i1D3,6D2,7D2,8D2,9D2,10D,11D,12D. The molecule has 2 saturated heterocycles. The van der Waals surface area contributed by atoms with Gasteiger partial charge in [0.15, 0.2) is 0 Å². The van der Waals surface area contributed by atoms with Crippen molar-refractivity contribution in [3.63, 3.8) is 0 Å². The Morgan fingerprint density at radius 3 is 2.73 bits per heavy atom. The van der Waals surface area contributed by atoms with Crippen molar-refractivity contribution in [3.05, 3.63) is 12.3 Å². The Morgan fingerprint density at radius 1 is 1.32 bits per heavy atom. The number of aromatic nitrogens is 2. The maximum Gasteiger partial charge on any atom is 0.516 e. The summed E-state index contributed by atoms with van der Waals surface area (Å²) >= 11 is 0. The minimum Gasteiger partial charge on any atom is -0.398 e. The Labute approximate surface area is 153 Å². The first-order valence-corrected chi connectivity index (χ1v) is 6.73. The van der Waals surface area contributed by atoms with Crippen LogP contribution in [0.5, 0.6) is 0 Å². The lowest BCUT2D eigenvalue weighted by molar-refractivity contribution is 0.00578. The minimum absolute atomic E-state index is 0.226. The van der Waals surface area contributed by atoms with E-state index in [9.17, 15) is 0 Å². The van der Waals surface area contributed by atoms with E-state index in [0.717, 1.165) is 0 Å². The van der Waals surface area contributed by atoms with Gasteiger partial charge in [-0.2, -0.15) is 0 Å². The summed E-state index contributed by atoms with van der Waals surface area (Å²) < 4.78 is 126. The zero-order valence-electron chi connectivity index (χ0n) is 26.7. The highest BCUT2D eigenvalue weighted by Crippen LogP contribution is 2.36. The molecule has 0 N–H and O–H groups in total. The van der Waals surface area contributed by atoms with E-state index in [1.807, 2.05) is 0 Å². The van der Waals surface area contributed by atoms with Crippen LogP contribution in [-0.4, -0.2) is 40.8 Å². The fourth-order valence-corrected chi connectivity index (χ4v) is 1.88. The van der Waals surface area contributed by atoms with E-state index in [4.69, 9.17) is 28.5 Å². The minimum atomic E-state index is -3.87. The molecule has 0 radical (unpaired) electrons. The summed E-state index contributed by atoms with van der Waals surface area (Å²) in [5, 5.41) is 0. The van der Waals surface area contributed by atoms with Gasteiger partial charge in [0.1, 0.15) is 5.82 Å². The van der Waals surface area contributed by atoms with Crippen LogP contribution < -0.4 is 10.5 Å². The average Bonchev–Trinajstić information content (AvgIpc) is 2.88. The number of nitrogens with zero attached hydrogens (tertiary/aromatic N) is 3. The van der Waals surface area contributed by atoms with Gasteiger partial charge in [0, 0.05) is 33.8 Å². The predicted octanol–water partition coefficient (Wildman–Crippen LogP) is 2.15. The number of anilines is 1. The SMILES string of the molecule is [2H]c1nc(N2C([2H])([2H])C([2H])([2H])C([2H])([2H])C([2H])([2H])C2([2H])C([2H])([2H])[2H])c([2H])nc1B1OC(C)(C)C(C)(C)O1. The lowest BCUT2D eigenvalue weighted by atomic mass is 9.85. The van der Waals surface area contributed by atoms with Gasteiger partial charge in [-0.3, -0.25) is 4.98 Å². The Balaban J connectivity index is 2.30. The molecule has 1 aromatic heterocycles. The quantitative estimate of drug-likeness (QED) is 0.782. The van der Waals surface area contributed by atoms with Crippen LogP contribution >= 0.6 is 0 Å². The van der Waals surface area contributed by atoms with Crippen LogP contribution in [0.4, 0.5) is 5.82 Å². The third kappa shape index (κ3) is 2.74. The van der Waals surface area contributed by atoms with E-state index in [-0.39, 0.29) is 10.5 Å². The van der Waals surface area contributed by atoms with Crippen molar-refractivity contribution >= 4 is 18.5 Å². The Morgan fingerprint density at radius 2 is 2.05 bits per heavy atom. The third-order valence-corrected chi connectivity index (χ3v) is 3.88. The van der Waals surface area contributed by atoms with Gasteiger partial charge < -0.3 is 14.2 Å². The molecule has 3 rings (SSSR count). The third-order valence-electron chi connectivity index (χ3n) is 3.88. The van der Waals surface area contributed by atoms with Gasteiger partial charge in [0.2, 0.25) is 0 Å². The highest BCUT2D eigenvalue weighted by Gasteiger charge is 2.52. The first-order valence-electron chi connectivity index (χ1n) is 13.7. The molecule has 2 aliphatic rings. The normalized spacial score (nSPS) is 49.6. The highest BCUT2D eigenvalue weighted by molar-refractivity contribution is 6.61. The van der Waals surface area contributed by atoms with E-state index in [2.05, 4.69) is 9.97 Å². The second-order valence-corrected chi connectivity index (χ2v) is 5.92. The maximum absolute atomic E-state index is 8.63. The number of hydrogen-bond acceptors (Lipinski definition) is 5. The molecule has 22 heavy (non-hydrogen) atoms. The van der Waals surface area contributed by atoms with Crippen molar-refractivity contribution in [3.8, 4) is 0 Å². The van der Waals surface area contributed by atoms with Crippen LogP contribution in [0, 0.1) is 0 Å². The fourth-order valence-electron chi connectivity index (χ4n) is 1.88. The van der Waals surface area contributed by atoms with Crippen molar-refractivity contribution in [1.82, 2.24) is 9.97 Å². The van der Waals surface area contributed by atoms with Gasteiger partial charge in [-0.1, -0.05) is 0 Å². The van der Waals surface area contributed by atoms with Gasteiger partial charge in [0.25, 0.3) is 0 Å². The van der Waals surface area contributed by atoms with Crippen molar-refractivity contribution in [2.75, 3.05) is 11.4 Å². The Kier molecular flexibility index (Phi) is 1.51. The summed E-state index contributed by atoms with van der Waals surface area (Å²) in [5.74, 6) is -1.13. The smallest absolute Gasteiger partial charge is 0.398 e. The molecule has 1 atom stereocenters. The van der Waals surface area contributed by atoms with Crippen LogP contribution in [0.2, 0.25) is 0 Å². The summed E-state index contributed by atoms with van der Waals surface area (Å²) in [7, 11) is -1.29. The summed E-state index contributed by atoms with van der Waals surface area (Å²) in [6.45, 7) is -0.664. The number of hydrogen-bond donors (Lipinski definition) is 0. The van der Waals surface area contributed by atoms with Gasteiger partial charge in [0.05, 0.1) is 27.1 Å². The topological polar surface area (TPSA) is 47.5 Å². The van der Waals surface area contributed by atoms with Crippen LogP contribution in [0.15, 0.2) is 12.3 Å². The van der Waals surface area contributed by atoms with Crippen LogP contribution in [0.3, 0.4) is 0 Å². The molecule has 6 heteroatoms. The maximum atomic E-state index is 8.63. The molecular formula is C16H26BN3O2. The van der Waals surface area contributed by atoms with Crippen LogP contribution in [0.25, 0.3) is 0 Å². The molecule has 120 valence electrons. The zero-order valence-corrected chi connectivity index (χ0v) is 12.7. The van der Waals surface area contributed by atoms with Crippen molar-refractivity contribution in [2.45, 2.75) is 70.9 Å². The van der Waals surface area contributed by atoms with Gasteiger partial charge >= 0.3 is 7.12 Å². The molecule has 0 aliphatic carbocycles. The van der Waals surface area contributed by atoms with Gasteiger partial charge in [-0.25, -0.2) is 4.98 Å². The van der Waals surface area contributed by atoms with E-state index >= 15 is 0 Å². The molecule has 0 amide bonds. The van der Waals surface area contributed by atoms with E-state index in [1.54, 1.807) is 27.7 Å². The monoisotopic (exact) mass is 317 g/mol. The first-order chi connectivity index (χ1) is 15.7.